The van der Waals surface area contributed by atoms with Crippen molar-refractivity contribution in [1.82, 2.24) is 10.3 Å². The molecule has 1 aliphatic rings. The van der Waals surface area contributed by atoms with Gasteiger partial charge in [0.05, 0.1) is 5.52 Å². The number of para-hydroxylation sites is 1. The van der Waals surface area contributed by atoms with E-state index in [9.17, 15) is 0 Å². The molecule has 2 aromatic rings. The number of nitrogens with two attached hydrogens (primary N) is 1. The maximum atomic E-state index is 5.91. The van der Waals surface area contributed by atoms with Gasteiger partial charge in [-0.25, -0.2) is 0 Å². The molecule has 1 unspecified atom stereocenters. The second-order valence-corrected chi connectivity index (χ2v) is 5.06. The highest BCUT2D eigenvalue weighted by Gasteiger charge is 2.22. The summed E-state index contributed by atoms with van der Waals surface area (Å²) >= 11 is 0. The molecule has 0 saturated heterocycles. The second-order valence-electron chi connectivity index (χ2n) is 5.06. The molecule has 3 rings (SSSR count). The molecular weight excluding hydrogens is 222 g/mol. The maximum absolute atomic E-state index is 5.91. The highest BCUT2D eigenvalue weighted by Crippen LogP contribution is 2.29. The van der Waals surface area contributed by atoms with E-state index in [0.717, 1.165) is 18.0 Å². The van der Waals surface area contributed by atoms with Crippen molar-refractivity contribution in [3.63, 3.8) is 0 Å². The largest absolute Gasteiger partial charge is 0.329 e. The third-order valence-corrected chi connectivity index (χ3v) is 3.62. The van der Waals surface area contributed by atoms with Gasteiger partial charge in [-0.3, -0.25) is 4.98 Å². The summed E-state index contributed by atoms with van der Waals surface area (Å²) in [6, 6.07) is 10.6. The lowest BCUT2D eigenvalue weighted by molar-refractivity contribution is 0.524. The van der Waals surface area contributed by atoms with Crippen LogP contribution in [0.4, 0.5) is 0 Å². The maximum Gasteiger partial charge on any atom is 0.0750 e. The fourth-order valence-corrected chi connectivity index (χ4v) is 2.36. The molecule has 1 fully saturated rings. The fourth-order valence-electron chi connectivity index (χ4n) is 2.36. The van der Waals surface area contributed by atoms with Crippen LogP contribution in [0.2, 0.25) is 0 Å². The summed E-state index contributed by atoms with van der Waals surface area (Å²) in [5.74, 6) is 0.863. The Labute approximate surface area is 107 Å². The number of rotatable bonds is 5. The van der Waals surface area contributed by atoms with E-state index in [1.807, 2.05) is 12.3 Å². The summed E-state index contributed by atoms with van der Waals surface area (Å²) in [7, 11) is 0. The van der Waals surface area contributed by atoms with E-state index in [-0.39, 0.29) is 6.04 Å². The molecule has 94 valence electrons. The topological polar surface area (TPSA) is 50.9 Å². The quantitative estimate of drug-likeness (QED) is 0.844. The van der Waals surface area contributed by atoms with Gasteiger partial charge in [0.1, 0.15) is 0 Å². The van der Waals surface area contributed by atoms with Gasteiger partial charge in [0, 0.05) is 24.2 Å². The van der Waals surface area contributed by atoms with Crippen LogP contribution in [-0.4, -0.2) is 18.1 Å². The average Bonchev–Trinajstić information content (AvgIpc) is 3.24. The van der Waals surface area contributed by atoms with E-state index in [1.54, 1.807) is 0 Å². The van der Waals surface area contributed by atoms with Gasteiger partial charge in [0.25, 0.3) is 0 Å². The third-order valence-electron chi connectivity index (χ3n) is 3.62. The molecule has 3 nitrogen and oxygen atoms in total. The number of fused-ring (bicyclic) bond motifs is 1. The normalized spacial score (nSPS) is 16.9. The van der Waals surface area contributed by atoms with Crippen LogP contribution in [0.1, 0.15) is 24.4 Å². The summed E-state index contributed by atoms with van der Waals surface area (Å²) in [6.07, 6.45) is 4.57. The van der Waals surface area contributed by atoms with E-state index >= 15 is 0 Å². The van der Waals surface area contributed by atoms with Crippen molar-refractivity contribution in [2.45, 2.75) is 18.9 Å². The van der Waals surface area contributed by atoms with E-state index in [4.69, 9.17) is 5.73 Å². The van der Waals surface area contributed by atoms with Crippen molar-refractivity contribution in [2.24, 2.45) is 11.7 Å². The molecule has 0 bridgehead atoms. The van der Waals surface area contributed by atoms with Crippen LogP contribution in [0.15, 0.2) is 36.5 Å². The van der Waals surface area contributed by atoms with Crippen molar-refractivity contribution >= 4 is 10.9 Å². The Kier molecular flexibility index (Phi) is 3.26. The Balaban J connectivity index is 1.89. The van der Waals surface area contributed by atoms with Gasteiger partial charge in [-0.05, 0) is 36.9 Å². The molecule has 0 amide bonds. The zero-order valence-electron chi connectivity index (χ0n) is 10.5. The van der Waals surface area contributed by atoms with Gasteiger partial charge in [-0.1, -0.05) is 24.3 Å². The van der Waals surface area contributed by atoms with Crippen molar-refractivity contribution in [3.8, 4) is 0 Å². The molecule has 1 aromatic carbocycles. The summed E-state index contributed by atoms with van der Waals surface area (Å²) in [5, 5.41) is 4.76. The predicted molar refractivity (Wildman–Crippen MR) is 74.3 cm³/mol. The van der Waals surface area contributed by atoms with Gasteiger partial charge in [0.15, 0.2) is 0 Å². The highest BCUT2D eigenvalue weighted by molar-refractivity contribution is 5.82. The Bertz CT molecular complexity index is 529. The van der Waals surface area contributed by atoms with Crippen molar-refractivity contribution < 1.29 is 0 Å². The Morgan fingerprint density at radius 3 is 2.89 bits per heavy atom. The van der Waals surface area contributed by atoms with Gasteiger partial charge in [-0.2, -0.15) is 0 Å². The molecule has 1 aliphatic carbocycles. The zero-order chi connectivity index (χ0) is 12.4. The molecule has 0 spiro atoms. The standard InChI is InChI=1S/C15H19N3/c16-9-14(18-10-11-6-7-11)13-5-1-3-12-4-2-8-17-15(12)13/h1-5,8,11,14,18H,6-7,9-10,16H2. The number of pyridine rings is 1. The smallest absolute Gasteiger partial charge is 0.0750 e. The van der Waals surface area contributed by atoms with Crippen LogP contribution in [0.25, 0.3) is 10.9 Å². The number of aromatic nitrogens is 1. The lowest BCUT2D eigenvalue weighted by atomic mass is 10.0. The molecule has 1 atom stereocenters. The van der Waals surface area contributed by atoms with Crippen molar-refractivity contribution in [2.75, 3.05) is 13.1 Å². The van der Waals surface area contributed by atoms with Gasteiger partial charge >= 0.3 is 0 Å². The van der Waals surface area contributed by atoms with Gasteiger partial charge in [-0.15, -0.1) is 0 Å². The van der Waals surface area contributed by atoms with Crippen LogP contribution in [-0.2, 0) is 0 Å². The van der Waals surface area contributed by atoms with Crippen LogP contribution in [0, 0.1) is 5.92 Å². The van der Waals surface area contributed by atoms with Crippen LogP contribution < -0.4 is 11.1 Å². The van der Waals surface area contributed by atoms with Crippen LogP contribution in [0.3, 0.4) is 0 Å². The summed E-state index contributed by atoms with van der Waals surface area (Å²) in [4.78, 5) is 4.50. The molecule has 18 heavy (non-hydrogen) atoms. The molecule has 3 heteroatoms. The second kappa shape index (κ2) is 5.04. The number of nitrogens with one attached hydrogen (secondary N) is 1. The summed E-state index contributed by atoms with van der Waals surface area (Å²) < 4.78 is 0. The average molecular weight is 241 g/mol. The number of benzene rings is 1. The van der Waals surface area contributed by atoms with Crippen LogP contribution >= 0.6 is 0 Å². The van der Waals surface area contributed by atoms with Crippen molar-refractivity contribution in [1.29, 1.82) is 0 Å². The van der Waals surface area contributed by atoms with E-state index in [2.05, 4.69) is 34.6 Å². The van der Waals surface area contributed by atoms with Gasteiger partial charge in [0.2, 0.25) is 0 Å². The van der Waals surface area contributed by atoms with E-state index < -0.39 is 0 Å². The first-order chi connectivity index (χ1) is 8.88. The molecule has 1 heterocycles. The molecule has 1 saturated carbocycles. The fraction of sp³-hybridized carbons (Fsp3) is 0.400. The van der Waals surface area contributed by atoms with E-state index in [0.29, 0.717) is 6.54 Å². The third kappa shape index (κ3) is 2.37. The minimum Gasteiger partial charge on any atom is -0.329 e. The minimum absolute atomic E-state index is 0.212. The lowest BCUT2D eigenvalue weighted by Crippen LogP contribution is -2.30. The number of nitrogens with zero attached hydrogens (tertiary/aromatic N) is 1. The molecular formula is C15H19N3. The van der Waals surface area contributed by atoms with Crippen LogP contribution in [0.5, 0.6) is 0 Å². The summed E-state index contributed by atoms with van der Waals surface area (Å²) in [6.45, 7) is 1.69. The predicted octanol–water partition coefficient (Wildman–Crippen LogP) is 2.23. The SMILES string of the molecule is NCC(NCC1CC1)c1cccc2cccnc12. The zero-order valence-corrected chi connectivity index (χ0v) is 10.5. The highest BCUT2D eigenvalue weighted by atomic mass is 14.9. The molecule has 0 aliphatic heterocycles. The Hall–Kier alpha value is -1.45. The van der Waals surface area contributed by atoms with E-state index in [1.165, 1.54) is 23.8 Å². The number of hydrogen-bond donors (Lipinski definition) is 2. The molecule has 0 radical (unpaired) electrons. The molecule has 1 aromatic heterocycles. The first kappa shape index (κ1) is 11.6. The Morgan fingerprint density at radius 1 is 1.28 bits per heavy atom. The number of hydrogen-bond acceptors (Lipinski definition) is 3. The Morgan fingerprint density at radius 2 is 2.11 bits per heavy atom. The molecule has 3 N–H and O–H groups in total. The minimum atomic E-state index is 0.212. The van der Waals surface area contributed by atoms with Gasteiger partial charge < -0.3 is 11.1 Å². The summed E-state index contributed by atoms with van der Waals surface area (Å²) in [5.41, 5.74) is 8.20. The monoisotopic (exact) mass is 241 g/mol. The first-order valence-corrected chi connectivity index (χ1v) is 6.65. The van der Waals surface area contributed by atoms with Crippen molar-refractivity contribution in [3.05, 3.63) is 42.1 Å². The first-order valence-electron chi connectivity index (χ1n) is 6.65. The lowest BCUT2D eigenvalue weighted by Gasteiger charge is -2.18.